The topological polar surface area (TPSA) is 162 Å². The van der Waals surface area contributed by atoms with Crippen molar-refractivity contribution in [1.29, 1.82) is 0 Å². The third-order valence-corrected chi connectivity index (χ3v) is 46.2. The number of hydrogen-bond donors (Lipinski definition) is 0. The second-order valence-electron chi connectivity index (χ2n) is 36.3. The molecule has 0 N–H and O–H groups in total. The van der Waals surface area contributed by atoms with E-state index in [0.29, 0.717) is 44.3 Å². The molecule has 554 valence electrons. The average Bonchev–Trinajstić information content (AvgIpc) is 1.13. The van der Waals surface area contributed by atoms with E-state index in [2.05, 4.69) is 196 Å². The van der Waals surface area contributed by atoms with Crippen LogP contribution in [0.3, 0.4) is 0 Å². The van der Waals surface area contributed by atoms with Gasteiger partial charge in [-0.25, -0.2) is 4.79 Å². The van der Waals surface area contributed by atoms with Gasteiger partial charge in [0, 0.05) is 32.3 Å². The van der Waals surface area contributed by atoms with Gasteiger partial charge in [-0.15, -0.1) is 6.58 Å². The molecule has 4 aliphatic rings. The van der Waals surface area contributed by atoms with Crippen LogP contribution in [0.4, 0.5) is 0 Å². The monoisotopic (exact) mass is 1440 g/mol. The Morgan fingerprint density at radius 2 is 1.16 bits per heavy atom. The van der Waals surface area contributed by atoms with Crippen molar-refractivity contribution in [3.8, 4) is 0 Å². The highest BCUT2D eigenvalue weighted by atomic mass is 28.4. The molecule has 0 bridgehead atoms. The smallest absolute Gasteiger partial charge is 0.338 e. The second-order valence-corrected chi connectivity index (χ2v) is 60.2. The average molecular weight is 1440 g/mol. The van der Waals surface area contributed by atoms with E-state index in [0.717, 1.165) is 30.4 Å². The zero-order valence-electron chi connectivity index (χ0n) is 65.9. The fraction of sp³-hybridized carbons (Fsp3) is 0.779. The quantitative estimate of drug-likeness (QED) is 0.0298. The van der Waals surface area contributed by atoms with Gasteiger partial charge in [-0.1, -0.05) is 154 Å². The first-order valence-electron chi connectivity index (χ1n) is 36.3. The van der Waals surface area contributed by atoms with E-state index in [1.165, 1.54) is 7.11 Å². The summed E-state index contributed by atoms with van der Waals surface area (Å²) in [5.41, 5.74) is 2.47. The van der Waals surface area contributed by atoms with Crippen LogP contribution in [0.15, 0.2) is 79.4 Å². The Morgan fingerprint density at radius 3 is 1.70 bits per heavy atom. The van der Waals surface area contributed by atoms with E-state index in [4.69, 9.17) is 55.3 Å². The molecule has 4 aliphatic heterocycles. The molecule has 4 saturated heterocycles. The van der Waals surface area contributed by atoms with E-state index in [1.807, 2.05) is 24.3 Å². The molecule has 4 heterocycles. The van der Waals surface area contributed by atoms with E-state index in [9.17, 15) is 14.4 Å². The summed E-state index contributed by atoms with van der Waals surface area (Å²) in [6.45, 7) is 71.7. The molecule has 0 amide bonds. The molecule has 10 unspecified atom stereocenters. The molecule has 1 aromatic carbocycles. The minimum absolute atomic E-state index is 0.0220. The van der Waals surface area contributed by atoms with E-state index in [-0.39, 0.29) is 104 Å². The maximum Gasteiger partial charge on any atom is 0.338 e. The Kier molecular flexibility index (Phi) is 29.4. The Morgan fingerprint density at radius 1 is 0.619 bits per heavy atom. The van der Waals surface area contributed by atoms with E-state index < -0.39 is 90.3 Å². The largest absolute Gasteiger partial charge is 0.469 e. The Bertz CT molecular complexity index is 2800. The summed E-state index contributed by atoms with van der Waals surface area (Å²) in [7, 11) is -9.17. The van der Waals surface area contributed by atoms with Gasteiger partial charge in [-0.2, -0.15) is 0 Å². The first-order chi connectivity index (χ1) is 44.3. The summed E-state index contributed by atoms with van der Waals surface area (Å²) in [5, 5.41) is -0.642. The molecule has 0 spiro atoms. The first kappa shape index (κ1) is 85.1. The Balaban J connectivity index is 1.36. The molecule has 4 fully saturated rings. The lowest BCUT2D eigenvalue weighted by molar-refractivity contribution is -0.227. The Labute approximate surface area is 594 Å². The molecule has 0 radical (unpaired) electrons. The predicted octanol–water partition coefficient (Wildman–Crippen LogP) is 18.6. The molecule has 0 aromatic heterocycles. The molecule has 20 heteroatoms. The van der Waals surface area contributed by atoms with Crippen molar-refractivity contribution in [3.05, 3.63) is 85.0 Å². The van der Waals surface area contributed by atoms with Gasteiger partial charge in [0.15, 0.2) is 53.5 Å². The molecule has 5 rings (SSSR count). The van der Waals surface area contributed by atoms with Crippen molar-refractivity contribution >= 4 is 59.3 Å². The number of ether oxygens (including phenoxy) is 7. The molecule has 97 heavy (non-hydrogen) atoms. The number of carbonyl (C=O) groups excluding carboxylic acids is 3. The van der Waals surface area contributed by atoms with Crippen LogP contribution < -0.4 is 0 Å². The first-order valence-corrected chi connectivity index (χ1v) is 50.9. The molecular weight excluding hydrogens is 1310 g/mol. The maximum absolute atomic E-state index is 14.5. The van der Waals surface area contributed by atoms with Gasteiger partial charge in [0.25, 0.3) is 0 Å². The molecule has 0 aliphatic carbocycles. The minimum Gasteiger partial charge on any atom is -0.469 e. The number of methoxy groups -OCH3 is 2. The highest BCUT2D eigenvalue weighted by molar-refractivity contribution is 6.76. The number of ketones is 1. The summed E-state index contributed by atoms with van der Waals surface area (Å²) < 4.78 is 83.2. The number of hydrogen-bond acceptors (Lipinski definition) is 15. The van der Waals surface area contributed by atoms with Crippen molar-refractivity contribution < 1.29 is 69.7 Å². The van der Waals surface area contributed by atoms with Gasteiger partial charge in [-0.3, -0.25) is 9.59 Å². The summed E-state index contributed by atoms with van der Waals surface area (Å²) in [6.07, 6.45) is 3.94. The van der Waals surface area contributed by atoms with Crippen LogP contribution in [-0.4, -0.2) is 166 Å². The summed E-state index contributed by atoms with van der Waals surface area (Å²) in [6, 6.07) is 9.04. The standard InChI is InChI=1S/C77H136O15Si5/c1-32-36-61-68(88-72(80)54-37-34-33-35-38-54)70(91-96(28,29)76(14,15)16)71(92-97(30,31)77(17,18)19)69(87-61)62(90-95(26,27)75(11,12)13)43-40-55(78)39-41-56-46-52(3)60(84-56)44-42-57-45-51(2)53(4)63(85-57)49-64-59(48-66(79)81-20)67(82-21)65(86-64)47-58(89-94(24,25)74(8,9)10)50-83-93(22,23)73(5,6)7/h32-35,37-38,40,43,51,56-65,67-71H,1,3-4,36,39,41-42,44-50H2,2,5-31H3/b43-40+/t51-,56?,57?,58?,59?,60?,61?,62+,63?,64?,65-,67-,68+,69+,70?,71?/m1/s1. The number of carbonyl (C=O) groups is 3. The SMILES string of the molecule is C=CCC1O[C@@H]([C@H](/C=C/C(=O)CCC2CC(=C)C(CCC3C[C@@H](C)C(=C)C(CC4O[C@H](CC(CO[Si](C)(C)C(C)(C)C)O[Si](C)(C)C(C)(C)C)[C@H](OC)C4CC(=O)OC)O3)O2)O[Si](C)(C)C(C)(C)C)C(O[Si](C)(C)C(C)(C)C)C(O[Si](C)(C)C(C)(C)C)[C@H]1OC(=O)c1ccccc1. The third kappa shape index (κ3) is 22.5. The lowest BCUT2D eigenvalue weighted by Gasteiger charge is -2.54. The lowest BCUT2D eigenvalue weighted by atomic mass is 9.82. The molecule has 0 saturated carbocycles. The van der Waals surface area contributed by atoms with Crippen LogP contribution in [0.1, 0.15) is 185 Å². The van der Waals surface area contributed by atoms with Crippen LogP contribution in [0, 0.1) is 11.8 Å². The van der Waals surface area contributed by atoms with Crippen LogP contribution in [-0.2, 0) is 64.9 Å². The van der Waals surface area contributed by atoms with Crippen LogP contribution >= 0.6 is 0 Å². The van der Waals surface area contributed by atoms with Crippen LogP contribution in [0.5, 0.6) is 0 Å². The van der Waals surface area contributed by atoms with Crippen LogP contribution in [0.2, 0.25) is 90.7 Å². The van der Waals surface area contributed by atoms with Crippen molar-refractivity contribution in [1.82, 2.24) is 0 Å². The van der Waals surface area contributed by atoms with Crippen molar-refractivity contribution in [2.75, 3.05) is 20.8 Å². The van der Waals surface area contributed by atoms with Crippen LogP contribution in [0.25, 0.3) is 0 Å². The van der Waals surface area contributed by atoms with Crippen molar-refractivity contribution in [2.24, 2.45) is 11.8 Å². The number of esters is 2. The summed E-state index contributed by atoms with van der Waals surface area (Å²) in [4.78, 5) is 41.9. The van der Waals surface area contributed by atoms with Crippen molar-refractivity contribution in [3.63, 3.8) is 0 Å². The molecule has 1 aromatic rings. The zero-order chi connectivity index (χ0) is 73.6. The van der Waals surface area contributed by atoms with Gasteiger partial charge in [0.1, 0.15) is 24.4 Å². The highest BCUT2D eigenvalue weighted by Crippen LogP contribution is 2.49. The maximum atomic E-state index is 14.5. The number of rotatable bonds is 31. The predicted molar refractivity (Wildman–Crippen MR) is 406 cm³/mol. The second kappa shape index (κ2) is 33.5. The highest BCUT2D eigenvalue weighted by Gasteiger charge is 2.58. The fourth-order valence-electron chi connectivity index (χ4n) is 12.2. The number of allylic oxidation sites excluding steroid dienone is 1. The summed E-state index contributed by atoms with van der Waals surface area (Å²) in [5.74, 6) is -0.943. The third-order valence-electron chi connectivity index (χ3n) is 23.8. The van der Waals surface area contributed by atoms with Gasteiger partial charge in [0.05, 0.1) is 80.6 Å². The van der Waals surface area contributed by atoms with Gasteiger partial charge in [0.2, 0.25) is 0 Å². The molecule has 16 atom stereocenters. The van der Waals surface area contributed by atoms with E-state index in [1.54, 1.807) is 31.4 Å². The zero-order valence-corrected chi connectivity index (χ0v) is 70.9. The van der Waals surface area contributed by atoms with E-state index >= 15 is 0 Å². The lowest BCUT2D eigenvalue weighted by Crippen LogP contribution is -2.68. The van der Waals surface area contributed by atoms with Gasteiger partial charge >= 0.3 is 11.9 Å². The Hall–Kier alpha value is -2.53. The molecular formula is C77H136O15Si5. The fourth-order valence-corrected chi connectivity index (χ4v) is 18.4. The van der Waals surface area contributed by atoms with Crippen molar-refractivity contribution in [2.45, 2.75) is 351 Å². The number of benzene rings is 1. The normalized spacial score (nSPS) is 28.5. The van der Waals surface area contributed by atoms with Gasteiger partial charge < -0.3 is 55.3 Å². The summed E-state index contributed by atoms with van der Waals surface area (Å²) >= 11 is 0. The minimum atomic E-state index is -2.66. The van der Waals surface area contributed by atoms with Gasteiger partial charge in [-0.05, 0) is 164 Å². The molecule has 15 nitrogen and oxygen atoms in total.